The van der Waals surface area contributed by atoms with E-state index in [1.807, 2.05) is 30.8 Å². The Morgan fingerprint density at radius 2 is 1.86 bits per heavy atom. The first-order chi connectivity index (χ1) is 6.68. The molecular weight excluding hydrogens is 194 g/mol. The predicted octanol–water partition coefficient (Wildman–Crippen LogP) is 1.79. The lowest BCUT2D eigenvalue weighted by atomic mass is 10.2. The highest BCUT2D eigenvalue weighted by Crippen LogP contribution is 2.04. The van der Waals surface area contributed by atoms with Crippen molar-refractivity contribution in [3.63, 3.8) is 0 Å². The van der Waals surface area contributed by atoms with Gasteiger partial charge in [0, 0.05) is 20.6 Å². The number of rotatable bonds is 7. The van der Waals surface area contributed by atoms with E-state index in [1.54, 1.807) is 0 Å². The molecule has 4 heteroatoms. The van der Waals surface area contributed by atoms with Crippen LogP contribution in [0.3, 0.4) is 0 Å². The molecule has 0 atom stereocenters. The zero-order chi connectivity index (χ0) is 10.8. The van der Waals surface area contributed by atoms with Gasteiger partial charge in [-0.05, 0) is 24.9 Å². The number of nitrogens with two attached hydrogens (primary N) is 1. The van der Waals surface area contributed by atoms with Crippen LogP contribution in [-0.2, 0) is 0 Å². The Labute approximate surface area is 92.1 Å². The van der Waals surface area contributed by atoms with Gasteiger partial charge in [-0.1, -0.05) is 12.8 Å². The highest BCUT2D eigenvalue weighted by atomic mass is 32.2. The molecule has 0 saturated heterocycles. The summed E-state index contributed by atoms with van der Waals surface area (Å²) in [4.78, 5) is 6.10. The molecule has 0 fully saturated rings. The fraction of sp³-hybridized carbons (Fsp3) is 0.900. The Bertz CT molecular complexity index is 157. The smallest absolute Gasteiger partial charge is 0.190 e. The molecule has 0 heterocycles. The second-order valence-corrected chi connectivity index (χ2v) is 4.53. The van der Waals surface area contributed by atoms with E-state index in [-0.39, 0.29) is 0 Å². The Morgan fingerprint density at radius 1 is 1.21 bits per heavy atom. The van der Waals surface area contributed by atoms with Crippen molar-refractivity contribution in [3.05, 3.63) is 0 Å². The second-order valence-electron chi connectivity index (χ2n) is 3.54. The number of hydrogen-bond acceptors (Lipinski definition) is 2. The largest absolute Gasteiger partial charge is 0.370 e. The zero-order valence-electron chi connectivity index (χ0n) is 9.62. The van der Waals surface area contributed by atoms with Crippen molar-refractivity contribution < 1.29 is 0 Å². The topological polar surface area (TPSA) is 41.6 Å². The summed E-state index contributed by atoms with van der Waals surface area (Å²) in [5, 5.41) is 0. The maximum Gasteiger partial charge on any atom is 0.190 e. The maximum absolute atomic E-state index is 5.65. The summed E-state index contributed by atoms with van der Waals surface area (Å²) in [7, 11) is 3.83. The number of nitrogens with zero attached hydrogens (tertiary/aromatic N) is 2. The molecule has 0 radical (unpaired) electrons. The molecule has 0 bridgehead atoms. The number of aliphatic imine (C=N–C) groups is 1. The van der Waals surface area contributed by atoms with Crippen LogP contribution in [0.25, 0.3) is 0 Å². The molecule has 84 valence electrons. The van der Waals surface area contributed by atoms with Crippen LogP contribution in [-0.4, -0.2) is 43.5 Å². The van der Waals surface area contributed by atoms with E-state index < -0.39 is 0 Å². The van der Waals surface area contributed by atoms with Crippen LogP contribution in [0.2, 0.25) is 0 Å². The monoisotopic (exact) mass is 217 g/mol. The van der Waals surface area contributed by atoms with Crippen LogP contribution >= 0.6 is 11.8 Å². The van der Waals surface area contributed by atoms with E-state index in [2.05, 4.69) is 11.2 Å². The van der Waals surface area contributed by atoms with Gasteiger partial charge in [0.1, 0.15) is 0 Å². The molecule has 0 aromatic heterocycles. The summed E-state index contributed by atoms with van der Waals surface area (Å²) in [6, 6.07) is 0. The first kappa shape index (κ1) is 13.6. The van der Waals surface area contributed by atoms with E-state index in [0.717, 1.165) is 13.0 Å². The van der Waals surface area contributed by atoms with Crippen molar-refractivity contribution in [1.29, 1.82) is 0 Å². The van der Waals surface area contributed by atoms with Crippen LogP contribution in [0.1, 0.15) is 25.7 Å². The van der Waals surface area contributed by atoms with Gasteiger partial charge >= 0.3 is 0 Å². The number of guanidine groups is 1. The molecule has 0 aliphatic rings. The molecule has 0 aromatic carbocycles. The Morgan fingerprint density at radius 3 is 2.43 bits per heavy atom. The van der Waals surface area contributed by atoms with Gasteiger partial charge in [-0.2, -0.15) is 11.8 Å². The van der Waals surface area contributed by atoms with Gasteiger partial charge in [-0.25, -0.2) is 0 Å². The fourth-order valence-electron chi connectivity index (χ4n) is 1.05. The number of thioether (sulfide) groups is 1. The SMILES string of the molecule is CSCCCCCCN=C(N)N(C)C. The summed E-state index contributed by atoms with van der Waals surface area (Å²) < 4.78 is 0. The summed E-state index contributed by atoms with van der Waals surface area (Å²) in [5.74, 6) is 1.91. The summed E-state index contributed by atoms with van der Waals surface area (Å²) in [6.07, 6.45) is 7.22. The quantitative estimate of drug-likeness (QED) is 0.401. The summed E-state index contributed by atoms with van der Waals surface area (Å²) in [5.41, 5.74) is 5.65. The van der Waals surface area contributed by atoms with E-state index in [1.165, 1.54) is 25.0 Å². The first-order valence-corrected chi connectivity index (χ1v) is 6.54. The average molecular weight is 217 g/mol. The third-order valence-corrected chi connectivity index (χ3v) is 2.69. The van der Waals surface area contributed by atoms with Crippen molar-refractivity contribution >= 4 is 17.7 Å². The zero-order valence-corrected chi connectivity index (χ0v) is 10.4. The van der Waals surface area contributed by atoms with Gasteiger partial charge in [0.05, 0.1) is 0 Å². The van der Waals surface area contributed by atoms with Crippen molar-refractivity contribution in [2.45, 2.75) is 25.7 Å². The van der Waals surface area contributed by atoms with E-state index in [9.17, 15) is 0 Å². The lowest BCUT2D eigenvalue weighted by Crippen LogP contribution is -2.30. The molecule has 0 aromatic rings. The van der Waals surface area contributed by atoms with Crippen LogP contribution < -0.4 is 5.73 Å². The standard InChI is InChI=1S/C10H23N3S/c1-13(2)10(11)12-8-6-4-5-7-9-14-3/h4-9H2,1-3H3,(H2,11,12). The molecule has 0 saturated carbocycles. The van der Waals surface area contributed by atoms with Crippen molar-refractivity contribution in [2.75, 3.05) is 32.6 Å². The maximum atomic E-state index is 5.65. The normalized spacial score (nSPS) is 11.8. The highest BCUT2D eigenvalue weighted by Gasteiger charge is 1.93. The molecule has 14 heavy (non-hydrogen) atoms. The van der Waals surface area contributed by atoms with Gasteiger partial charge in [0.2, 0.25) is 0 Å². The summed E-state index contributed by atoms with van der Waals surface area (Å²) >= 11 is 1.92. The molecule has 0 aliphatic carbocycles. The van der Waals surface area contributed by atoms with Crippen LogP contribution in [0.4, 0.5) is 0 Å². The van der Waals surface area contributed by atoms with Gasteiger partial charge in [0.15, 0.2) is 5.96 Å². The minimum absolute atomic E-state index is 0.633. The average Bonchev–Trinajstić information content (AvgIpc) is 2.16. The molecule has 3 nitrogen and oxygen atoms in total. The second kappa shape index (κ2) is 9.19. The third kappa shape index (κ3) is 8.23. The Balaban J connectivity index is 3.24. The lowest BCUT2D eigenvalue weighted by Gasteiger charge is -2.10. The molecular formula is C10H23N3S. The van der Waals surface area contributed by atoms with Gasteiger partial charge in [-0.15, -0.1) is 0 Å². The van der Waals surface area contributed by atoms with Gasteiger partial charge in [0.25, 0.3) is 0 Å². The molecule has 0 spiro atoms. The summed E-state index contributed by atoms with van der Waals surface area (Å²) in [6.45, 7) is 0.864. The van der Waals surface area contributed by atoms with Gasteiger partial charge in [-0.3, -0.25) is 4.99 Å². The van der Waals surface area contributed by atoms with E-state index >= 15 is 0 Å². The van der Waals surface area contributed by atoms with E-state index in [0.29, 0.717) is 5.96 Å². The van der Waals surface area contributed by atoms with Crippen LogP contribution in [0, 0.1) is 0 Å². The molecule has 0 amide bonds. The minimum Gasteiger partial charge on any atom is -0.370 e. The van der Waals surface area contributed by atoms with E-state index in [4.69, 9.17) is 5.73 Å². The Hall–Kier alpha value is -0.380. The number of hydrogen-bond donors (Lipinski definition) is 1. The fourth-order valence-corrected chi connectivity index (χ4v) is 1.54. The number of unbranched alkanes of at least 4 members (excludes halogenated alkanes) is 3. The lowest BCUT2D eigenvalue weighted by molar-refractivity contribution is 0.603. The van der Waals surface area contributed by atoms with Crippen molar-refractivity contribution in [2.24, 2.45) is 10.7 Å². The highest BCUT2D eigenvalue weighted by molar-refractivity contribution is 7.98. The third-order valence-electron chi connectivity index (χ3n) is 1.99. The molecule has 0 rings (SSSR count). The van der Waals surface area contributed by atoms with Crippen molar-refractivity contribution in [1.82, 2.24) is 4.90 Å². The molecule has 2 N–H and O–H groups in total. The molecule has 0 unspecified atom stereocenters. The van der Waals surface area contributed by atoms with Crippen molar-refractivity contribution in [3.8, 4) is 0 Å². The van der Waals surface area contributed by atoms with Crippen LogP contribution in [0.15, 0.2) is 4.99 Å². The predicted molar refractivity (Wildman–Crippen MR) is 67.0 cm³/mol. The molecule has 0 aliphatic heterocycles. The van der Waals surface area contributed by atoms with Crippen LogP contribution in [0.5, 0.6) is 0 Å². The first-order valence-electron chi connectivity index (χ1n) is 5.14. The minimum atomic E-state index is 0.633. The van der Waals surface area contributed by atoms with Gasteiger partial charge < -0.3 is 10.6 Å². The Kier molecular flexibility index (Phi) is 8.94.